The van der Waals surface area contributed by atoms with Crippen LogP contribution < -0.4 is 15.4 Å². The molecule has 9 heteroatoms. The normalized spacial score (nSPS) is 9.96. The number of rotatable bonds is 8. The van der Waals surface area contributed by atoms with Crippen molar-refractivity contribution in [1.29, 1.82) is 0 Å². The van der Waals surface area contributed by atoms with Crippen molar-refractivity contribution in [2.24, 2.45) is 0 Å². The third-order valence-electron chi connectivity index (χ3n) is 2.63. The van der Waals surface area contributed by atoms with Crippen LogP contribution in [0.2, 0.25) is 10.0 Å². The Balaban J connectivity index is 2.18. The van der Waals surface area contributed by atoms with Gasteiger partial charge in [0.1, 0.15) is 5.75 Å². The molecule has 0 heterocycles. The number of benzene rings is 1. The molecule has 132 valence electrons. The molecule has 0 aliphatic carbocycles. The second kappa shape index (κ2) is 10.7. The maximum absolute atomic E-state index is 11.5. The first kappa shape index (κ1) is 20.1. The minimum Gasteiger partial charge on any atom is -0.492 e. The van der Waals surface area contributed by atoms with Gasteiger partial charge in [0, 0.05) is 18.0 Å². The van der Waals surface area contributed by atoms with Crippen LogP contribution in [0.3, 0.4) is 0 Å². The van der Waals surface area contributed by atoms with Crippen LogP contribution in [0, 0.1) is 0 Å². The molecule has 1 aromatic carbocycles. The number of urea groups is 1. The van der Waals surface area contributed by atoms with Crippen molar-refractivity contribution < 1.29 is 23.9 Å². The van der Waals surface area contributed by atoms with Gasteiger partial charge in [-0.05, 0) is 31.5 Å². The third kappa shape index (κ3) is 8.03. The van der Waals surface area contributed by atoms with Crippen LogP contribution in [0.1, 0.15) is 19.8 Å². The van der Waals surface area contributed by atoms with Gasteiger partial charge in [-0.15, -0.1) is 0 Å². The zero-order chi connectivity index (χ0) is 17.9. The Bertz CT molecular complexity index is 595. The number of ether oxygens (including phenoxy) is 2. The fraction of sp³-hybridized carbons (Fsp3) is 0.400. The van der Waals surface area contributed by atoms with E-state index in [9.17, 15) is 14.4 Å². The fourth-order valence-electron chi connectivity index (χ4n) is 1.58. The Morgan fingerprint density at radius 3 is 2.62 bits per heavy atom. The number of amides is 3. The quantitative estimate of drug-likeness (QED) is 0.537. The molecule has 0 radical (unpaired) electrons. The summed E-state index contributed by atoms with van der Waals surface area (Å²) < 4.78 is 10.2. The summed E-state index contributed by atoms with van der Waals surface area (Å²) in [5, 5.41) is 5.29. The number of imide groups is 1. The van der Waals surface area contributed by atoms with E-state index in [4.69, 9.17) is 32.7 Å². The second-order valence-corrected chi connectivity index (χ2v) is 5.44. The third-order valence-corrected chi connectivity index (χ3v) is 3.16. The van der Waals surface area contributed by atoms with Crippen LogP contribution in [0.15, 0.2) is 18.2 Å². The van der Waals surface area contributed by atoms with Gasteiger partial charge in [0.25, 0.3) is 5.91 Å². The molecule has 3 amide bonds. The first-order chi connectivity index (χ1) is 11.4. The van der Waals surface area contributed by atoms with Crippen LogP contribution in [0.25, 0.3) is 0 Å². The van der Waals surface area contributed by atoms with E-state index >= 15 is 0 Å². The standard InChI is InChI=1S/C15H18Cl2N2O5/c1-2-18-15(22)19-13(20)9-24-14(21)4-3-7-23-12-6-5-10(16)8-11(12)17/h5-6,8H,2-4,7,9H2,1H3,(H2,18,19,20,22). The molecule has 1 aromatic rings. The number of carbonyl (C=O) groups is 3. The molecule has 0 spiro atoms. The molecule has 0 saturated heterocycles. The minimum atomic E-state index is -0.696. The number of hydrogen-bond acceptors (Lipinski definition) is 5. The highest BCUT2D eigenvalue weighted by molar-refractivity contribution is 6.35. The Kier molecular flexibility index (Phi) is 8.96. The number of carbonyl (C=O) groups excluding carboxylic acids is 3. The van der Waals surface area contributed by atoms with Gasteiger partial charge in [0.05, 0.1) is 11.6 Å². The molecule has 7 nitrogen and oxygen atoms in total. The molecule has 0 aliphatic heterocycles. The Morgan fingerprint density at radius 1 is 1.21 bits per heavy atom. The lowest BCUT2D eigenvalue weighted by molar-refractivity contribution is -0.148. The van der Waals surface area contributed by atoms with Crippen molar-refractivity contribution in [1.82, 2.24) is 10.6 Å². The molecule has 0 bridgehead atoms. The van der Waals surface area contributed by atoms with E-state index in [0.717, 1.165) is 0 Å². The second-order valence-electron chi connectivity index (χ2n) is 4.60. The smallest absolute Gasteiger partial charge is 0.321 e. The van der Waals surface area contributed by atoms with Gasteiger partial charge < -0.3 is 14.8 Å². The summed E-state index contributed by atoms with van der Waals surface area (Å²) in [6.45, 7) is 1.83. The van der Waals surface area contributed by atoms with Gasteiger partial charge in [-0.3, -0.25) is 14.9 Å². The lowest BCUT2D eigenvalue weighted by atomic mass is 10.3. The molecule has 0 unspecified atom stereocenters. The van der Waals surface area contributed by atoms with Crippen molar-refractivity contribution in [3.63, 3.8) is 0 Å². The summed E-state index contributed by atoms with van der Waals surface area (Å²) in [6.07, 6.45) is 0.454. The Hall–Kier alpha value is -1.99. The number of halogens is 2. The van der Waals surface area contributed by atoms with E-state index in [1.165, 1.54) is 0 Å². The average molecular weight is 377 g/mol. The molecular formula is C15H18Cl2N2O5. The highest BCUT2D eigenvalue weighted by atomic mass is 35.5. The van der Waals surface area contributed by atoms with Crippen LogP contribution in [0.4, 0.5) is 4.79 Å². The predicted octanol–water partition coefficient (Wildman–Crippen LogP) is 2.54. The lowest BCUT2D eigenvalue weighted by Crippen LogP contribution is -2.41. The molecule has 0 aromatic heterocycles. The van der Waals surface area contributed by atoms with Crippen molar-refractivity contribution in [3.05, 3.63) is 28.2 Å². The molecule has 0 saturated carbocycles. The van der Waals surface area contributed by atoms with Gasteiger partial charge in [-0.1, -0.05) is 23.2 Å². The first-order valence-corrected chi connectivity index (χ1v) is 7.99. The number of hydrogen-bond donors (Lipinski definition) is 2. The predicted molar refractivity (Wildman–Crippen MR) is 89.4 cm³/mol. The van der Waals surface area contributed by atoms with E-state index in [1.54, 1.807) is 25.1 Å². The van der Waals surface area contributed by atoms with Crippen molar-refractivity contribution >= 4 is 41.1 Å². The molecule has 1 rings (SSSR count). The van der Waals surface area contributed by atoms with Crippen LogP contribution >= 0.6 is 23.2 Å². The lowest BCUT2D eigenvalue weighted by Gasteiger charge is -2.08. The molecular weight excluding hydrogens is 359 g/mol. The largest absolute Gasteiger partial charge is 0.492 e. The van der Waals surface area contributed by atoms with Crippen molar-refractivity contribution in [2.45, 2.75) is 19.8 Å². The SMILES string of the molecule is CCNC(=O)NC(=O)COC(=O)CCCOc1ccc(Cl)cc1Cl. The van der Waals surface area contributed by atoms with Gasteiger partial charge >= 0.3 is 12.0 Å². The summed E-state index contributed by atoms with van der Waals surface area (Å²) >= 11 is 11.7. The van der Waals surface area contributed by atoms with Gasteiger partial charge in [-0.25, -0.2) is 4.79 Å². The number of nitrogens with one attached hydrogen (secondary N) is 2. The van der Waals surface area contributed by atoms with Crippen LogP contribution in [0.5, 0.6) is 5.75 Å². The summed E-state index contributed by atoms with van der Waals surface area (Å²) in [5.41, 5.74) is 0. The maximum Gasteiger partial charge on any atom is 0.321 e. The average Bonchev–Trinajstić information content (AvgIpc) is 2.51. The fourth-order valence-corrected chi connectivity index (χ4v) is 2.04. The molecule has 24 heavy (non-hydrogen) atoms. The zero-order valence-corrected chi connectivity index (χ0v) is 14.6. The zero-order valence-electron chi connectivity index (χ0n) is 13.1. The summed E-state index contributed by atoms with van der Waals surface area (Å²) in [6, 6.07) is 4.20. The summed E-state index contributed by atoms with van der Waals surface area (Å²) in [4.78, 5) is 33.9. The monoisotopic (exact) mass is 376 g/mol. The minimum absolute atomic E-state index is 0.0691. The Morgan fingerprint density at radius 2 is 1.96 bits per heavy atom. The number of esters is 1. The summed E-state index contributed by atoms with van der Waals surface area (Å²) in [5.74, 6) is -0.791. The van der Waals surface area contributed by atoms with E-state index in [0.29, 0.717) is 28.8 Å². The first-order valence-electron chi connectivity index (χ1n) is 7.23. The van der Waals surface area contributed by atoms with Crippen LogP contribution in [-0.4, -0.2) is 37.7 Å². The van der Waals surface area contributed by atoms with Gasteiger partial charge in [0.2, 0.25) is 0 Å². The van der Waals surface area contributed by atoms with Crippen LogP contribution in [-0.2, 0) is 14.3 Å². The summed E-state index contributed by atoms with van der Waals surface area (Å²) in [7, 11) is 0. The van der Waals surface area contributed by atoms with E-state index in [2.05, 4.69) is 5.32 Å². The van der Waals surface area contributed by atoms with Gasteiger partial charge in [0.15, 0.2) is 6.61 Å². The molecule has 0 fully saturated rings. The topological polar surface area (TPSA) is 93.7 Å². The maximum atomic E-state index is 11.5. The van der Waals surface area contributed by atoms with Crippen molar-refractivity contribution in [3.8, 4) is 5.75 Å². The highest BCUT2D eigenvalue weighted by Crippen LogP contribution is 2.27. The van der Waals surface area contributed by atoms with Crippen molar-refractivity contribution in [2.75, 3.05) is 19.8 Å². The van der Waals surface area contributed by atoms with E-state index in [1.807, 2.05) is 5.32 Å². The van der Waals surface area contributed by atoms with Gasteiger partial charge in [-0.2, -0.15) is 0 Å². The molecule has 0 aliphatic rings. The van der Waals surface area contributed by atoms with E-state index in [-0.39, 0.29) is 13.0 Å². The van der Waals surface area contributed by atoms with E-state index < -0.39 is 24.5 Å². The highest BCUT2D eigenvalue weighted by Gasteiger charge is 2.10. The Labute approximate surface area is 149 Å². The molecule has 0 atom stereocenters. The molecule has 2 N–H and O–H groups in total.